The molecular weight excluding hydrogens is 347 g/mol. The molecule has 5 rings (SSSR count). The SMILES string of the molecule is N[C@@H]1CC2c3c(F)cc4c(=O)c(C(=O)O)cn(C5CC5)c4c3C=CC[C@@H]2C1. The van der Waals surface area contributed by atoms with E-state index in [1.807, 2.05) is 16.7 Å². The Bertz CT molecular complexity index is 1070. The number of allylic oxidation sites excluding steroid dienone is 1. The highest BCUT2D eigenvalue weighted by atomic mass is 19.1. The van der Waals surface area contributed by atoms with Crippen molar-refractivity contribution in [3.8, 4) is 0 Å². The summed E-state index contributed by atoms with van der Waals surface area (Å²) in [6, 6.07) is 1.48. The second-order valence-corrected chi connectivity index (χ2v) is 8.13. The van der Waals surface area contributed by atoms with Gasteiger partial charge in [-0.05, 0) is 50.0 Å². The Balaban J connectivity index is 1.88. The van der Waals surface area contributed by atoms with E-state index < -0.39 is 17.2 Å². The normalized spacial score (nSPS) is 26.7. The maximum absolute atomic E-state index is 15.2. The van der Waals surface area contributed by atoms with Gasteiger partial charge in [0.05, 0.1) is 10.9 Å². The molecule has 140 valence electrons. The summed E-state index contributed by atoms with van der Waals surface area (Å²) in [5.41, 5.74) is 7.29. The fourth-order valence-corrected chi connectivity index (χ4v) is 5.01. The van der Waals surface area contributed by atoms with Gasteiger partial charge >= 0.3 is 5.97 Å². The minimum absolute atomic E-state index is 0.0382. The van der Waals surface area contributed by atoms with Gasteiger partial charge in [-0.15, -0.1) is 0 Å². The number of hydrogen-bond acceptors (Lipinski definition) is 3. The van der Waals surface area contributed by atoms with E-state index in [0.29, 0.717) is 17.0 Å². The minimum atomic E-state index is -1.27. The number of halogens is 1. The van der Waals surface area contributed by atoms with Gasteiger partial charge in [0.15, 0.2) is 0 Å². The largest absolute Gasteiger partial charge is 0.477 e. The standard InChI is InChI=1S/C21H21FN2O3/c22-17-8-15-19(24(12-4-5-12)9-16(20(15)25)21(26)27)13-3-1-2-10-6-11(23)7-14(10)18(13)17/h1,3,8-12,14H,2,4-7,23H2,(H,26,27)/t10-,11+,14?/m1/s1. The van der Waals surface area contributed by atoms with Gasteiger partial charge < -0.3 is 15.4 Å². The molecule has 1 aromatic carbocycles. The van der Waals surface area contributed by atoms with Crippen LogP contribution in [0, 0.1) is 11.7 Å². The maximum Gasteiger partial charge on any atom is 0.341 e. The Kier molecular flexibility index (Phi) is 3.56. The number of benzene rings is 1. The number of nitrogens with two attached hydrogens (primary N) is 1. The number of aromatic carboxylic acids is 1. The van der Waals surface area contributed by atoms with Gasteiger partial charge in [-0.1, -0.05) is 12.2 Å². The molecule has 2 fully saturated rings. The van der Waals surface area contributed by atoms with Gasteiger partial charge in [-0.2, -0.15) is 0 Å². The molecule has 3 aliphatic rings. The molecule has 1 aromatic heterocycles. The van der Waals surface area contributed by atoms with Gasteiger partial charge in [-0.25, -0.2) is 9.18 Å². The fourth-order valence-electron chi connectivity index (χ4n) is 5.01. The van der Waals surface area contributed by atoms with Crippen molar-refractivity contribution in [3.05, 3.63) is 51.1 Å². The summed E-state index contributed by atoms with van der Waals surface area (Å²) in [4.78, 5) is 24.3. The quantitative estimate of drug-likeness (QED) is 0.851. The molecule has 3 atom stereocenters. The van der Waals surface area contributed by atoms with Crippen molar-refractivity contribution in [1.82, 2.24) is 4.57 Å². The van der Waals surface area contributed by atoms with E-state index in [1.54, 1.807) is 0 Å². The van der Waals surface area contributed by atoms with Crippen LogP contribution in [0.2, 0.25) is 0 Å². The van der Waals surface area contributed by atoms with Gasteiger partial charge in [0.2, 0.25) is 5.43 Å². The Labute approximate surface area is 155 Å². The monoisotopic (exact) mass is 368 g/mol. The first-order valence-electron chi connectivity index (χ1n) is 9.52. The first-order valence-corrected chi connectivity index (χ1v) is 9.52. The zero-order valence-electron chi connectivity index (χ0n) is 14.8. The molecule has 3 N–H and O–H groups in total. The highest BCUT2D eigenvalue weighted by Gasteiger charge is 2.38. The molecule has 0 radical (unpaired) electrons. The van der Waals surface area contributed by atoms with Crippen LogP contribution in [0.15, 0.2) is 23.1 Å². The van der Waals surface area contributed by atoms with E-state index in [2.05, 4.69) is 0 Å². The molecule has 2 aromatic rings. The number of carboxylic acid groups (broad SMARTS) is 1. The predicted octanol–water partition coefficient (Wildman–Crippen LogP) is 3.41. The lowest BCUT2D eigenvalue weighted by Crippen LogP contribution is -2.20. The molecule has 2 saturated carbocycles. The topological polar surface area (TPSA) is 85.3 Å². The molecule has 3 aliphatic carbocycles. The number of rotatable bonds is 2. The van der Waals surface area contributed by atoms with Crippen molar-refractivity contribution >= 4 is 22.9 Å². The van der Waals surface area contributed by atoms with E-state index >= 15 is 4.39 Å². The molecule has 5 nitrogen and oxygen atoms in total. The van der Waals surface area contributed by atoms with Crippen molar-refractivity contribution in [3.63, 3.8) is 0 Å². The summed E-state index contributed by atoms with van der Waals surface area (Å²) in [7, 11) is 0. The first kappa shape index (κ1) is 16.7. The Hall–Kier alpha value is -2.47. The Morgan fingerprint density at radius 3 is 2.78 bits per heavy atom. The van der Waals surface area contributed by atoms with E-state index in [1.165, 1.54) is 12.3 Å². The lowest BCUT2D eigenvalue weighted by Gasteiger charge is -2.22. The van der Waals surface area contributed by atoms with Gasteiger partial charge in [-0.3, -0.25) is 4.79 Å². The van der Waals surface area contributed by atoms with E-state index in [4.69, 9.17) is 5.73 Å². The number of carboxylic acids is 1. The number of carbonyl (C=O) groups is 1. The predicted molar refractivity (Wildman–Crippen MR) is 100 cm³/mol. The lowest BCUT2D eigenvalue weighted by atomic mass is 9.85. The summed E-state index contributed by atoms with van der Waals surface area (Å²) in [5, 5.41) is 9.58. The summed E-state index contributed by atoms with van der Waals surface area (Å²) in [6.45, 7) is 0. The average molecular weight is 368 g/mol. The summed E-state index contributed by atoms with van der Waals surface area (Å²) in [5.74, 6) is -1.35. The third-order valence-electron chi connectivity index (χ3n) is 6.34. The Morgan fingerprint density at radius 1 is 1.30 bits per heavy atom. The smallest absolute Gasteiger partial charge is 0.341 e. The maximum atomic E-state index is 15.2. The summed E-state index contributed by atoms with van der Waals surface area (Å²) in [6.07, 6.45) is 9.74. The summed E-state index contributed by atoms with van der Waals surface area (Å²) < 4.78 is 17.1. The zero-order chi connectivity index (χ0) is 18.9. The van der Waals surface area contributed by atoms with Crippen molar-refractivity contribution in [2.24, 2.45) is 11.7 Å². The van der Waals surface area contributed by atoms with Crippen molar-refractivity contribution in [2.75, 3.05) is 0 Å². The molecule has 6 heteroatoms. The molecule has 0 bridgehead atoms. The molecule has 0 spiro atoms. The number of fused-ring (bicyclic) bond motifs is 5. The highest BCUT2D eigenvalue weighted by molar-refractivity contribution is 5.96. The summed E-state index contributed by atoms with van der Waals surface area (Å²) >= 11 is 0. The number of hydrogen-bond donors (Lipinski definition) is 2. The third-order valence-corrected chi connectivity index (χ3v) is 6.34. The van der Waals surface area contributed by atoms with Gasteiger partial charge in [0.1, 0.15) is 11.4 Å². The number of nitrogens with zero attached hydrogens (tertiary/aromatic N) is 1. The number of pyridine rings is 1. The lowest BCUT2D eigenvalue weighted by molar-refractivity contribution is 0.0695. The van der Waals surface area contributed by atoms with Gasteiger partial charge in [0, 0.05) is 29.4 Å². The molecule has 1 unspecified atom stereocenters. The van der Waals surface area contributed by atoms with Crippen LogP contribution < -0.4 is 11.2 Å². The molecule has 0 amide bonds. The second kappa shape index (κ2) is 5.76. The molecule has 27 heavy (non-hydrogen) atoms. The third kappa shape index (κ3) is 2.46. The van der Waals surface area contributed by atoms with Crippen LogP contribution in [0.1, 0.15) is 65.5 Å². The Morgan fingerprint density at radius 2 is 2.07 bits per heavy atom. The van der Waals surface area contributed by atoms with Crippen LogP contribution in [0.4, 0.5) is 4.39 Å². The zero-order valence-corrected chi connectivity index (χ0v) is 14.8. The van der Waals surface area contributed by atoms with Gasteiger partial charge in [0.25, 0.3) is 0 Å². The van der Waals surface area contributed by atoms with Crippen LogP contribution in [-0.4, -0.2) is 21.7 Å². The molecular formula is C21H21FN2O3. The van der Waals surface area contributed by atoms with Crippen LogP contribution in [0.5, 0.6) is 0 Å². The van der Waals surface area contributed by atoms with Crippen molar-refractivity contribution in [1.29, 1.82) is 0 Å². The molecule has 0 aliphatic heterocycles. The first-order chi connectivity index (χ1) is 13.0. The average Bonchev–Trinajstić information content (AvgIpc) is 3.40. The van der Waals surface area contributed by atoms with Crippen LogP contribution in [-0.2, 0) is 0 Å². The van der Waals surface area contributed by atoms with Crippen LogP contribution in [0.3, 0.4) is 0 Å². The van der Waals surface area contributed by atoms with Crippen LogP contribution >= 0.6 is 0 Å². The van der Waals surface area contributed by atoms with Crippen molar-refractivity contribution < 1.29 is 14.3 Å². The molecule has 0 saturated heterocycles. The van der Waals surface area contributed by atoms with E-state index in [-0.39, 0.29) is 29.0 Å². The fraction of sp³-hybridized carbons (Fsp3) is 0.429. The minimum Gasteiger partial charge on any atom is -0.477 e. The highest BCUT2D eigenvalue weighted by Crippen LogP contribution is 2.48. The second-order valence-electron chi connectivity index (χ2n) is 8.13. The van der Waals surface area contributed by atoms with Crippen LogP contribution in [0.25, 0.3) is 17.0 Å². The number of aromatic nitrogens is 1. The van der Waals surface area contributed by atoms with E-state index in [0.717, 1.165) is 37.7 Å². The molecule has 1 heterocycles. The van der Waals surface area contributed by atoms with Crippen molar-refractivity contribution in [2.45, 2.75) is 50.1 Å². The van der Waals surface area contributed by atoms with E-state index in [9.17, 15) is 14.7 Å².